The second-order valence-electron chi connectivity index (χ2n) is 12.2. The molecule has 4 aliphatic carbocycles. The van der Waals surface area contributed by atoms with Crippen LogP contribution in [-0.2, 0) is 29.2 Å². The van der Waals surface area contributed by atoms with Crippen molar-refractivity contribution >= 4 is 27.7 Å². The van der Waals surface area contributed by atoms with Crippen LogP contribution in [0.4, 0.5) is 0 Å². The molecule has 35 heavy (non-hydrogen) atoms. The van der Waals surface area contributed by atoms with Gasteiger partial charge in [-0.2, -0.15) is 8.42 Å². The molecule has 0 bridgehead atoms. The Balaban J connectivity index is 1.44. The summed E-state index contributed by atoms with van der Waals surface area (Å²) >= 11 is 0. The van der Waals surface area contributed by atoms with Gasteiger partial charge in [0.2, 0.25) is 0 Å². The van der Waals surface area contributed by atoms with E-state index in [1.54, 1.807) is 0 Å². The highest BCUT2D eigenvalue weighted by atomic mass is 32.2. The van der Waals surface area contributed by atoms with Crippen molar-refractivity contribution in [2.75, 3.05) is 12.4 Å². The van der Waals surface area contributed by atoms with Crippen molar-refractivity contribution in [2.45, 2.75) is 84.7 Å². The lowest BCUT2D eigenvalue weighted by Gasteiger charge is -2.61. The average Bonchev–Trinajstić information content (AvgIpc) is 3.12. The standard InChI is InChI=1S/C26H40O8S/c1-15(4-7-23(30)34-10-11-35(31,32)33)18-5-6-19-24-20(14-22(29)26(18,19)3)25(2)9-8-17(27)12-16(25)13-21(24)28/h15-16,18-21,24,28H,4-14H2,1-3H3,(H,31,32,33)/t15-,16+,18-,19+,20+,21?,24+,25+,26-/m1/s1. The zero-order chi connectivity index (χ0) is 25.8. The Morgan fingerprint density at radius 1 is 1.17 bits per heavy atom. The number of aliphatic hydroxyl groups excluding tert-OH is 1. The SMILES string of the molecule is C[C@H](CCC(=O)OCCS(=O)(=O)O)[C@H]1CC[C@H]2[C@@H]3C(O)C[C@@H]4CC(=O)CC[C@]4(C)[C@H]3CC(=O)[C@]12C. The molecular weight excluding hydrogens is 472 g/mol. The Hall–Kier alpha value is -1.32. The first-order valence-electron chi connectivity index (χ1n) is 13.1. The number of carbonyl (C=O) groups excluding carboxylic acids is 3. The molecule has 8 nitrogen and oxygen atoms in total. The molecule has 4 aliphatic rings. The molecule has 4 saturated carbocycles. The summed E-state index contributed by atoms with van der Waals surface area (Å²) in [5.74, 6) is 0.0439. The zero-order valence-electron chi connectivity index (χ0n) is 21.1. The third kappa shape index (κ3) is 4.85. The van der Waals surface area contributed by atoms with Gasteiger partial charge in [0.25, 0.3) is 10.1 Å². The third-order valence-electron chi connectivity index (χ3n) is 10.5. The molecule has 0 aromatic heterocycles. The number of hydrogen-bond donors (Lipinski definition) is 2. The first-order valence-corrected chi connectivity index (χ1v) is 14.7. The molecule has 0 aromatic rings. The summed E-state index contributed by atoms with van der Waals surface area (Å²) in [6.07, 6.45) is 4.92. The molecular formula is C26H40O8S. The van der Waals surface area contributed by atoms with Gasteiger partial charge < -0.3 is 9.84 Å². The van der Waals surface area contributed by atoms with Crippen LogP contribution in [0.25, 0.3) is 0 Å². The number of aliphatic hydroxyl groups is 1. The highest BCUT2D eigenvalue weighted by Gasteiger charge is 2.65. The van der Waals surface area contributed by atoms with Crippen molar-refractivity contribution < 1.29 is 37.2 Å². The lowest BCUT2D eigenvalue weighted by molar-refractivity contribution is -0.177. The molecule has 198 valence electrons. The van der Waals surface area contributed by atoms with Crippen molar-refractivity contribution in [2.24, 2.45) is 46.3 Å². The van der Waals surface area contributed by atoms with Gasteiger partial charge in [0, 0.05) is 31.1 Å². The van der Waals surface area contributed by atoms with Crippen LogP contribution in [0.5, 0.6) is 0 Å². The Morgan fingerprint density at radius 3 is 2.57 bits per heavy atom. The smallest absolute Gasteiger partial charge is 0.305 e. The topological polar surface area (TPSA) is 135 Å². The van der Waals surface area contributed by atoms with E-state index in [2.05, 4.69) is 20.8 Å². The van der Waals surface area contributed by atoms with Gasteiger partial charge in [0.1, 0.15) is 23.9 Å². The second-order valence-corrected chi connectivity index (χ2v) is 13.7. The second kappa shape index (κ2) is 9.53. The quantitative estimate of drug-likeness (QED) is 0.392. The summed E-state index contributed by atoms with van der Waals surface area (Å²) in [5.41, 5.74) is -0.617. The Kier molecular flexibility index (Phi) is 7.28. The van der Waals surface area contributed by atoms with E-state index in [0.717, 1.165) is 19.3 Å². The fourth-order valence-electron chi connectivity index (χ4n) is 8.55. The van der Waals surface area contributed by atoms with E-state index in [9.17, 15) is 27.9 Å². The lowest BCUT2D eigenvalue weighted by Crippen LogP contribution is -2.61. The number of ketones is 2. The maximum Gasteiger partial charge on any atom is 0.305 e. The molecule has 0 spiro atoms. The highest BCUT2D eigenvalue weighted by Crippen LogP contribution is 2.67. The molecule has 4 rings (SSSR count). The van der Waals surface area contributed by atoms with Gasteiger partial charge in [-0.05, 0) is 73.0 Å². The van der Waals surface area contributed by atoms with Gasteiger partial charge >= 0.3 is 5.97 Å². The fraction of sp³-hybridized carbons (Fsp3) is 0.885. The van der Waals surface area contributed by atoms with Crippen molar-refractivity contribution in [1.82, 2.24) is 0 Å². The summed E-state index contributed by atoms with van der Waals surface area (Å²) in [6, 6.07) is 0. The monoisotopic (exact) mass is 512 g/mol. The normalized spacial score (nSPS) is 42.1. The number of esters is 1. The van der Waals surface area contributed by atoms with Crippen LogP contribution < -0.4 is 0 Å². The Bertz CT molecular complexity index is 976. The molecule has 9 atom stereocenters. The van der Waals surface area contributed by atoms with E-state index in [1.807, 2.05) is 0 Å². The lowest BCUT2D eigenvalue weighted by atomic mass is 9.43. The van der Waals surface area contributed by atoms with E-state index >= 15 is 0 Å². The average molecular weight is 513 g/mol. The van der Waals surface area contributed by atoms with Gasteiger partial charge in [0.15, 0.2) is 0 Å². The van der Waals surface area contributed by atoms with Gasteiger partial charge in [-0.15, -0.1) is 0 Å². The Labute approximate surface area is 208 Å². The predicted molar refractivity (Wildman–Crippen MR) is 128 cm³/mol. The largest absolute Gasteiger partial charge is 0.464 e. The van der Waals surface area contributed by atoms with Crippen molar-refractivity contribution in [3.63, 3.8) is 0 Å². The molecule has 0 aromatic carbocycles. The van der Waals surface area contributed by atoms with Crippen molar-refractivity contribution in [3.8, 4) is 0 Å². The van der Waals surface area contributed by atoms with Gasteiger partial charge in [0.05, 0.1) is 6.10 Å². The van der Waals surface area contributed by atoms with Crippen LogP contribution in [-0.4, -0.2) is 54.1 Å². The van der Waals surface area contributed by atoms with Gasteiger partial charge in [-0.25, -0.2) is 0 Å². The van der Waals surface area contributed by atoms with Crippen molar-refractivity contribution in [1.29, 1.82) is 0 Å². The summed E-state index contributed by atoms with van der Waals surface area (Å²) in [5, 5.41) is 11.3. The minimum Gasteiger partial charge on any atom is -0.464 e. The number of ether oxygens (including phenoxy) is 1. The molecule has 1 unspecified atom stereocenters. The summed E-state index contributed by atoms with van der Waals surface area (Å²) in [4.78, 5) is 38.0. The molecule has 9 heteroatoms. The summed E-state index contributed by atoms with van der Waals surface area (Å²) in [6.45, 7) is 6.00. The third-order valence-corrected chi connectivity index (χ3v) is 11.2. The molecule has 0 radical (unpaired) electrons. The van der Waals surface area contributed by atoms with Crippen LogP contribution in [0.1, 0.15) is 78.6 Å². The number of carbonyl (C=O) groups is 3. The molecule has 2 N–H and O–H groups in total. The van der Waals surface area contributed by atoms with Gasteiger partial charge in [-0.1, -0.05) is 20.8 Å². The van der Waals surface area contributed by atoms with Crippen LogP contribution >= 0.6 is 0 Å². The number of fused-ring (bicyclic) bond motifs is 5. The highest BCUT2D eigenvalue weighted by molar-refractivity contribution is 7.85. The molecule has 0 heterocycles. The maximum absolute atomic E-state index is 13.8. The molecule has 0 amide bonds. The fourth-order valence-corrected chi connectivity index (χ4v) is 8.85. The van der Waals surface area contributed by atoms with E-state index in [0.29, 0.717) is 32.1 Å². The molecule has 0 saturated heterocycles. The van der Waals surface area contributed by atoms with Crippen molar-refractivity contribution in [3.05, 3.63) is 0 Å². The zero-order valence-corrected chi connectivity index (χ0v) is 21.9. The van der Waals surface area contributed by atoms with E-state index in [-0.39, 0.29) is 65.5 Å². The number of hydrogen-bond acceptors (Lipinski definition) is 7. The molecule has 0 aliphatic heterocycles. The minimum absolute atomic E-state index is 0.0646. The predicted octanol–water partition coefficient (Wildman–Crippen LogP) is 3.21. The van der Waals surface area contributed by atoms with Crippen LogP contribution in [0, 0.1) is 46.3 Å². The van der Waals surface area contributed by atoms with Crippen LogP contribution in [0.2, 0.25) is 0 Å². The Morgan fingerprint density at radius 2 is 1.89 bits per heavy atom. The van der Waals surface area contributed by atoms with E-state index in [4.69, 9.17) is 9.29 Å². The maximum atomic E-state index is 13.8. The van der Waals surface area contributed by atoms with E-state index in [1.165, 1.54) is 0 Å². The minimum atomic E-state index is -4.17. The first kappa shape index (κ1) is 26.7. The summed E-state index contributed by atoms with van der Waals surface area (Å²) in [7, 11) is -4.17. The first-order chi connectivity index (χ1) is 16.3. The number of Topliss-reactive ketones (excluding diaryl/α,β-unsaturated/α-hetero) is 2. The number of rotatable bonds is 7. The van der Waals surface area contributed by atoms with Gasteiger partial charge in [-0.3, -0.25) is 18.9 Å². The van der Waals surface area contributed by atoms with Crippen LogP contribution in [0.15, 0.2) is 0 Å². The summed E-state index contributed by atoms with van der Waals surface area (Å²) < 4.78 is 35.3. The van der Waals surface area contributed by atoms with E-state index < -0.39 is 33.4 Å². The van der Waals surface area contributed by atoms with Crippen LogP contribution in [0.3, 0.4) is 0 Å². The molecule has 4 fully saturated rings.